The van der Waals surface area contributed by atoms with Gasteiger partial charge in [0.1, 0.15) is 23.0 Å². The van der Waals surface area contributed by atoms with E-state index in [1.807, 2.05) is 60.7 Å². The molecule has 0 amide bonds. The van der Waals surface area contributed by atoms with Crippen LogP contribution in [-0.4, -0.2) is 10.2 Å². The van der Waals surface area contributed by atoms with E-state index in [0.717, 1.165) is 5.56 Å². The highest BCUT2D eigenvalue weighted by molar-refractivity contribution is 5.79. The molecule has 0 saturated heterocycles. The second kappa shape index (κ2) is 6.71. The lowest BCUT2D eigenvalue weighted by molar-refractivity contribution is 0.450. The SMILES string of the molecule is Oc1cc(O)cc(C=C(Oc2ccccc2)c2ccccc2)c1. The van der Waals surface area contributed by atoms with Gasteiger partial charge in [0.05, 0.1) is 0 Å². The molecule has 0 aliphatic heterocycles. The third-order valence-corrected chi connectivity index (χ3v) is 3.25. The molecule has 0 saturated carbocycles. The molecule has 0 bridgehead atoms. The lowest BCUT2D eigenvalue weighted by Crippen LogP contribution is -1.95. The van der Waals surface area contributed by atoms with Crippen molar-refractivity contribution in [3.63, 3.8) is 0 Å². The van der Waals surface area contributed by atoms with Gasteiger partial charge < -0.3 is 14.9 Å². The minimum Gasteiger partial charge on any atom is -0.508 e. The molecule has 3 rings (SSSR count). The molecular formula is C20H16O3. The van der Waals surface area contributed by atoms with Gasteiger partial charge in [0.25, 0.3) is 0 Å². The second-order valence-corrected chi connectivity index (χ2v) is 5.07. The zero-order valence-electron chi connectivity index (χ0n) is 12.4. The maximum Gasteiger partial charge on any atom is 0.135 e. The van der Waals surface area contributed by atoms with Crippen molar-refractivity contribution in [2.75, 3.05) is 0 Å². The number of ether oxygens (including phenoxy) is 1. The number of aromatic hydroxyl groups is 2. The van der Waals surface area contributed by atoms with Crippen LogP contribution in [0.2, 0.25) is 0 Å². The largest absolute Gasteiger partial charge is 0.508 e. The molecule has 0 heterocycles. The van der Waals surface area contributed by atoms with Crippen LogP contribution in [0.25, 0.3) is 11.8 Å². The van der Waals surface area contributed by atoms with E-state index in [4.69, 9.17) is 4.74 Å². The maximum absolute atomic E-state index is 9.64. The summed E-state index contributed by atoms with van der Waals surface area (Å²) in [5.74, 6) is 1.35. The first kappa shape index (κ1) is 14.7. The van der Waals surface area contributed by atoms with Gasteiger partial charge in [-0.15, -0.1) is 0 Å². The maximum atomic E-state index is 9.64. The molecular weight excluding hydrogens is 288 g/mol. The molecule has 0 unspecified atom stereocenters. The van der Waals surface area contributed by atoms with E-state index >= 15 is 0 Å². The molecule has 23 heavy (non-hydrogen) atoms. The van der Waals surface area contributed by atoms with Crippen LogP contribution < -0.4 is 4.74 Å². The summed E-state index contributed by atoms with van der Waals surface area (Å²) in [5, 5.41) is 19.3. The fourth-order valence-electron chi connectivity index (χ4n) is 2.24. The molecule has 0 aliphatic rings. The quantitative estimate of drug-likeness (QED) is 0.544. The molecule has 114 valence electrons. The van der Waals surface area contributed by atoms with E-state index in [2.05, 4.69) is 0 Å². The molecule has 3 nitrogen and oxygen atoms in total. The van der Waals surface area contributed by atoms with Crippen molar-refractivity contribution in [1.29, 1.82) is 0 Å². The number of para-hydroxylation sites is 1. The summed E-state index contributed by atoms with van der Waals surface area (Å²) in [5.41, 5.74) is 1.55. The topological polar surface area (TPSA) is 49.7 Å². The Morgan fingerprint density at radius 1 is 0.739 bits per heavy atom. The monoisotopic (exact) mass is 304 g/mol. The number of hydrogen-bond donors (Lipinski definition) is 2. The predicted molar refractivity (Wildman–Crippen MR) is 91.2 cm³/mol. The van der Waals surface area contributed by atoms with Gasteiger partial charge in [0, 0.05) is 11.6 Å². The smallest absolute Gasteiger partial charge is 0.135 e. The standard InChI is InChI=1S/C20H16O3/c21-17-11-15(12-18(22)14-17)13-20(16-7-3-1-4-8-16)23-19-9-5-2-6-10-19/h1-14,21-22H. The lowest BCUT2D eigenvalue weighted by atomic mass is 10.1. The minimum atomic E-state index is 0.00312. The van der Waals surface area contributed by atoms with Crippen LogP contribution in [-0.2, 0) is 0 Å². The van der Waals surface area contributed by atoms with E-state index in [1.54, 1.807) is 18.2 Å². The zero-order valence-corrected chi connectivity index (χ0v) is 12.4. The van der Waals surface area contributed by atoms with E-state index in [-0.39, 0.29) is 11.5 Å². The van der Waals surface area contributed by atoms with E-state index in [1.165, 1.54) is 6.07 Å². The van der Waals surface area contributed by atoms with Crippen molar-refractivity contribution in [3.8, 4) is 17.2 Å². The number of phenols is 2. The average Bonchev–Trinajstić information content (AvgIpc) is 2.55. The Bertz CT molecular complexity index is 789. The van der Waals surface area contributed by atoms with Gasteiger partial charge in [0.15, 0.2) is 0 Å². The summed E-state index contributed by atoms with van der Waals surface area (Å²) in [7, 11) is 0. The molecule has 0 radical (unpaired) electrons. The molecule has 3 aromatic carbocycles. The van der Waals surface area contributed by atoms with E-state index in [0.29, 0.717) is 17.1 Å². The average molecular weight is 304 g/mol. The highest BCUT2D eigenvalue weighted by atomic mass is 16.5. The summed E-state index contributed by atoms with van der Waals surface area (Å²) < 4.78 is 5.98. The molecule has 0 aromatic heterocycles. The lowest BCUT2D eigenvalue weighted by Gasteiger charge is -2.11. The molecule has 2 N–H and O–H groups in total. The van der Waals surface area contributed by atoms with Gasteiger partial charge >= 0.3 is 0 Å². The number of hydrogen-bond acceptors (Lipinski definition) is 3. The number of phenolic OH excluding ortho intramolecular Hbond substituents is 2. The van der Waals surface area contributed by atoms with Gasteiger partial charge in [-0.1, -0.05) is 48.5 Å². The Balaban J connectivity index is 2.02. The van der Waals surface area contributed by atoms with E-state index in [9.17, 15) is 10.2 Å². The van der Waals surface area contributed by atoms with Crippen molar-refractivity contribution in [3.05, 3.63) is 90.0 Å². The third-order valence-electron chi connectivity index (χ3n) is 3.25. The van der Waals surface area contributed by atoms with Crippen molar-refractivity contribution >= 4 is 11.8 Å². The fraction of sp³-hybridized carbons (Fsp3) is 0. The van der Waals surface area contributed by atoms with Gasteiger partial charge in [-0.25, -0.2) is 0 Å². The predicted octanol–water partition coefficient (Wildman–Crippen LogP) is 4.67. The third kappa shape index (κ3) is 3.92. The zero-order chi connectivity index (χ0) is 16.1. The van der Waals surface area contributed by atoms with Crippen LogP contribution in [0, 0.1) is 0 Å². The van der Waals surface area contributed by atoms with Crippen LogP contribution in [0.4, 0.5) is 0 Å². The molecule has 0 aliphatic carbocycles. The van der Waals surface area contributed by atoms with Gasteiger partial charge in [0.2, 0.25) is 0 Å². The van der Waals surface area contributed by atoms with Crippen LogP contribution >= 0.6 is 0 Å². The molecule has 0 atom stereocenters. The first-order valence-corrected chi connectivity index (χ1v) is 7.24. The summed E-state index contributed by atoms with van der Waals surface area (Å²) in [4.78, 5) is 0. The number of rotatable bonds is 4. The Morgan fingerprint density at radius 2 is 1.30 bits per heavy atom. The van der Waals surface area contributed by atoms with Crippen molar-refractivity contribution in [1.82, 2.24) is 0 Å². The summed E-state index contributed by atoms with van der Waals surface area (Å²) >= 11 is 0. The fourth-order valence-corrected chi connectivity index (χ4v) is 2.24. The molecule has 0 fully saturated rings. The Labute approximate surface area is 134 Å². The summed E-state index contributed by atoms with van der Waals surface area (Å²) in [6.07, 6.45) is 1.78. The number of benzene rings is 3. The molecule has 3 heteroatoms. The summed E-state index contributed by atoms with van der Waals surface area (Å²) in [6, 6.07) is 23.6. The van der Waals surface area contributed by atoms with Crippen LogP contribution in [0.15, 0.2) is 78.9 Å². The molecule has 0 spiro atoms. The first-order chi connectivity index (χ1) is 11.2. The van der Waals surface area contributed by atoms with Gasteiger partial charge in [-0.05, 0) is 35.9 Å². The van der Waals surface area contributed by atoms with Crippen LogP contribution in [0.3, 0.4) is 0 Å². The first-order valence-electron chi connectivity index (χ1n) is 7.24. The molecule has 3 aromatic rings. The van der Waals surface area contributed by atoms with Crippen molar-refractivity contribution in [2.24, 2.45) is 0 Å². The summed E-state index contributed by atoms with van der Waals surface area (Å²) in [6.45, 7) is 0. The normalized spacial score (nSPS) is 11.2. The second-order valence-electron chi connectivity index (χ2n) is 5.07. The van der Waals surface area contributed by atoms with Gasteiger partial charge in [-0.3, -0.25) is 0 Å². The van der Waals surface area contributed by atoms with E-state index < -0.39 is 0 Å². The minimum absolute atomic E-state index is 0.00312. The highest BCUT2D eigenvalue weighted by Crippen LogP contribution is 2.26. The van der Waals surface area contributed by atoms with Crippen molar-refractivity contribution < 1.29 is 14.9 Å². The highest BCUT2D eigenvalue weighted by Gasteiger charge is 2.06. The van der Waals surface area contributed by atoms with Crippen LogP contribution in [0.5, 0.6) is 17.2 Å². The Kier molecular flexibility index (Phi) is 4.29. The Morgan fingerprint density at radius 3 is 1.91 bits per heavy atom. The van der Waals surface area contributed by atoms with Crippen molar-refractivity contribution in [2.45, 2.75) is 0 Å². The van der Waals surface area contributed by atoms with Gasteiger partial charge in [-0.2, -0.15) is 0 Å². The Hall–Kier alpha value is -3.20. The van der Waals surface area contributed by atoms with Crippen LogP contribution in [0.1, 0.15) is 11.1 Å².